The number of aliphatic hydroxyl groups excluding tert-OH is 1. The molecule has 0 radical (unpaired) electrons. The highest BCUT2D eigenvalue weighted by molar-refractivity contribution is 7.08. The molecule has 0 saturated heterocycles. The fourth-order valence-corrected chi connectivity index (χ4v) is 2.59. The van der Waals surface area contributed by atoms with E-state index in [1.807, 2.05) is 16.8 Å². The summed E-state index contributed by atoms with van der Waals surface area (Å²) >= 11 is 1.50. The quantitative estimate of drug-likeness (QED) is 0.519. The van der Waals surface area contributed by atoms with E-state index in [2.05, 4.69) is 5.32 Å². The van der Waals surface area contributed by atoms with Crippen LogP contribution in [-0.4, -0.2) is 42.8 Å². The summed E-state index contributed by atoms with van der Waals surface area (Å²) in [6.45, 7) is 1.93. The average Bonchev–Trinajstić information content (AvgIpc) is 3.12. The van der Waals surface area contributed by atoms with Crippen LogP contribution in [0.25, 0.3) is 0 Å². The molecule has 7 nitrogen and oxygen atoms in total. The van der Waals surface area contributed by atoms with Gasteiger partial charge in [-0.2, -0.15) is 0 Å². The van der Waals surface area contributed by atoms with Crippen molar-refractivity contribution in [3.63, 3.8) is 0 Å². The van der Waals surface area contributed by atoms with Gasteiger partial charge in [0.25, 0.3) is 0 Å². The molecule has 0 aliphatic rings. The van der Waals surface area contributed by atoms with E-state index in [0.29, 0.717) is 11.5 Å². The topological polar surface area (TPSA) is 103 Å². The van der Waals surface area contributed by atoms with Gasteiger partial charge in [-0.15, -0.1) is 11.3 Å². The van der Waals surface area contributed by atoms with Gasteiger partial charge in [0.1, 0.15) is 24.2 Å². The molecule has 1 aromatic heterocycles. The Labute approximate surface area is 150 Å². The molecule has 1 aromatic carbocycles. The first kappa shape index (κ1) is 19.2. The molecule has 0 aliphatic carbocycles. The summed E-state index contributed by atoms with van der Waals surface area (Å²) in [5, 5.41) is 16.5. The fourth-order valence-electron chi connectivity index (χ4n) is 2.02. The lowest BCUT2D eigenvalue weighted by molar-refractivity contribution is -0.205. The number of hydrogen-bond acceptors (Lipinski definition) is 7. The number of nitrogens with two attached hydrogens (primary N) is 1. The number of ether oxygens (including phenoxy) is 3. The summed E-state index contributed by atoms with van der Waals surface area (Å²) in [7, 11) is 0. The highest BCUT2D eigenvalue weighted by Gasteiger charge is 2.41. The van der Waals surface area contributed by atoms with Crippen LogP contribution >= 0.6 is 11.3 Å². The molecule has 2 rings (SSSR count). The monoisotopic (exact) mass is 366 g/mol. The lowest BCUT2D eigenvalue weighted by Crippen LogP contribution is -2.63. The largest absolute Gasteiger partial charge is 0.490 e. The molecule has 0 saturated carbocycles. The Balaban J connectivity index is 1.98. The van der Waals surface area contributed by atoms with Crippen LogP contribution in [0.5, 0.6) is 11.5 Å². The molecule has 0 bridgehead atoms. The van der Waals surface area contributed by atoms with Gasteiger partial charge in [-0.3, -0.25) is 4.79 Å². The summed E-state index contributed by atoms with van der Waals surface area (Å²) in [4.78, 5) is 12.0. The van der Waals surface area contributed by atoms with Gasteiger partial charge in [0, 0.05) is 11.9 Å². The van der Waals surface area contributed by atoms with Crippen LogP contribution in [0.15, 0.2) is 47.2 Å². The van der Waals surface area contributed by atoms with Crippen molar-refractivity contribution in [1.29, 1.82) is 0 Å². The van der Waals surface area contributed by atoms with Crippen molar-refractivity contribution in [1.82, 2.24) is 5.32 Å². The highest BCUT2D eigenvalue weighted by atomic mass is 32.1. The first-order valence-electron chi connectivity index (χ1n) is 7.81. The number of amides is 1. The van der Waals surface area contributed by atoms with Crippen molar-refractivity contribution in [2.24, 2.45) is 5.73 Å². The number of carbonyl (C=O) groups excluding carboxylic acids is 1. The Morgan fingerprint density at radius 3 is 2.68 bits per heavy atom. The molecule has 0 fully saturated rings. The zero-order valence-corrected chi connectivity index (χ0v) is 14.7. The Hall–Kier alpha value is -2.13. The minimum atomic E-state index is -1.88. The predicted octanol–water partition coefficient (Wildman–Crippen LogP) is 1.33. The maximum absolute atomic E-state index is 12.0. The van der Waals surface area contributed by atoms with Gasteiger partial charge in [0.05, 0.1) is 6.61 Å². The number of hydrogen-bond donors (Lipinski definition) is 3. The summed E-state index contributed by atoms with van der Waals surface area (Å²) in [5.74, 6) is -1.63. The molecular weight excluding hydrogens is 344 g/mol. The van der Waals surface area contributed by atoms with Gasteiger partial charge in [-0.05, 0) is 30.5 Å². The predicted molar refractivity (Wildman–Crippen MR) is 94.4 cm³/mol. The second-order valence-electron chi connectivity index (χ2n) is 5.13. The molecule has 1 amide bonds. The van der Waals surface area contributed by atoms with E-state index in [1.165, 1.54) is 11.3 Å². The molecule has 2 atom stereocenters. The third-order valence-corrected chi connectivity index (χ3v) is 3.85. The molecule has 2 unspecified atom stereocenters. The van der Waals surface area contributed by atoms with Gasteiger partial charge in [0.15, 0.2) is 0 Å². The molecule has 0 aliphatic heterocycles. The lowest BCUT2D eigenvalue weighted by Gasteiger charge is -2.32. The Morgan fingerprint density at radius 1 is 1.32 bits per heavy atom. The van der Waals surface area contributed by atoms with E-state index in [-0.39, 0.29) is 19.8 Å². The van der Waals surface area contributed by atoms with Crippen molar-refractivity contribution in [3.8, 4) is 11.5 Å². The first-order valence-corrected chi connectivity index (χ1v) is 8.76. The zero-order valence-electron chi connectivity index (χ0n) is 13.9. The second kappa shape index (κ2) is 9.38. The van der Waals surface area contributed by atoms with Crippen LogP contribution in [0.1, 0.15) is 6.92 Å². The van der Waals surface area contributed by atoms with Gasteiger partial charge in [0.2, 0.25) is 0 Å². The van der Waals surface area contributed by atoms with Crippen LogP contribution in [0.4, 0.5) is 0 Å². The molecule has 2 aromatic rings. The average molecular weight is 366 g/mol. The molecule has 4 N–H and O–H groups in total. The van der Waals surface area contributed by atoms with Crippen LogP contribution in [0, 0.1) is 0 Å². The first-order chi connectivity index (χ1) is 12.1. The smallest absolute Gasteiger partial charge is 0.353 e. The summed E-state index contributed by atoms with van der Waals surface area (Å²) < 4.78 is 16.5. The Bertz CT molecular complexity index is 638. The van der Waals surface area contributed by atoms with E-state index in [4.69, 9.17) is 19.9 Å². The maximum atomic E-state index is 12.0. The number of thiophene rings is 1. The number of benzene rings is 1. The maximum Gasteiger partial charge on any atom is 0.353 e. The van der Waals surface area contributed by atoms with Crippen molar-refractivity contribution < 1.29 is 24.1 Å². The molecule has 136 valence electrons. The third kappa shape index (κ3) is 5.71. The number of aliphatic hydroxyl groups is 1. The van der Waals surface area contributed by atoms with Crippen LogP contribution in [-0.2, 0) is 9.53 Å². The molecule has 1 heterocycles. The van der Waals surface area contributed by atoms with Crippen LogP contribution < -0.4 is 20.5 Å². The number of nitrogens with one attached hydrogen (secondary N) is 1. The Morgan fingerprint density at radius 2 is 2.08 bits per heavy atom. The van der Waals surface area contributed by atoms with Gasteiger partial charge in [-0.1, -0.05) is 18.2 Å². The summed E-state index contributed by atoms with van der Waals surface area (Å²) in [6, 6.07) is 10.5. The standard InChI is InChI=1S/C17H22N2O5S/c1-2-23-17(16(18)21,24-14-6-4-3-5-7-14)19-10-13(20)11-22-15-8-9-25-12-15/h3-9,12-13,19-20H,2,10-11H2,1H3,(H2,18,21). The number of carbonyl (C=O) groups is 1. The number of primary amides is 1. The molecule has 0 spiro atoms. The van der Waals surface area contributed by atoms with E-state index in [0.717, 1.165) is 0 Å². The lowest BCUT2D eigenvalue weighted by atomic mass is 10.3. The Kier molecular flexibility index (Phi) is 7.20. The summed E-state index contributed by atoms with van der Waals surface area (Å²) in [6.07, 6.45) is -0.890. The SMILES string of the molecule is CCOC(NCC(O)COc1ccsc1)(Oc1ccccc1)C(N)=O. The third-order valence-electron chi connectivity index (χ3n) is 3.18. The van der Waals surface area contributed by atoms with Crippen molar-refractivity contribution in [3.05, 3.63) is 47.2 Å². The van der Waals surface area contributed by atoms with Crippen LogP contribution in [0.3, 0.4) is 0 Å². The number of para-hydroxylation sites is 1. The van der Waals surface area contributed by atoms with E-state index >= 15 is 0 Å². The molecular formula is C17H22N2O5S. The van der Waals surface area contributed by atoms with E-state index in [9.17, 15) is 9.90 Å². The minimum absolute atomic E-state index is 0.0140. The van der Waals surface area contributed by atoms with Gasteiger partial charge >= 0.3 is 11.8 Å². The fraction of sp³-hybridized carbons (Fsp3) is 0.353. The zero-order chi connectivity index (χ0) is 18.1. The van der Waals surface area contributed by atoms with Crippen molar-refractivity contribution in [2.45, 2.75) is 18.9 Å². The number of rotatable bonds is 11. The molecule has 25 heavy (non-hydrogen) atoms. The van der Waals surface area contributed by atoms with E-state index in [1.54, 1.807) is 37.3 Å². The highest BCUT2D eigenvalue weighted by Crippen LogP contribution is 2.18. The molecule has 8 heteroatoms. The van der Waals surface area contributed by atoms with Gasteiger partial charge < -0.3 is 25.1 Å². The minimum Gasteiger partial charge on any atom is -0.490 e. The normalized spacial score (nSPS) is 14.5. The van der Waals surface area contributed by atoms with Crippen molar-refractivity contribution >= 4 is 17.2 Å². The van der Waals surface area contributed by atoms with Crippen molar-refractivity contribution in [2.75, 3.05) is 19.8 Å². The summed E-state index contributed by atoms with van der Waals surface area (Å²) in [5.41, 5.74) is 5.48. The second-order valence-corrected chi connectivity index (χ2v) is 5.91. The van der Waals surface area contributed by atoms with Gasteiger partial charge in [-0.25, -0.2) is 5.32 Å². The van der Waals surface area contributed by atoms with E-state index < -0.39 is 17.9 Å². The van der Waals surface area contributed by atoms with Crippen LogP contribution in [0.2, 0.25) is 0 Å².